The summed E-state index contributed by atoms with van der Waals surface area (Å²) in [6, 6.07) is 10.3. The number of esters is 1. The first-order valence-electron chi connectivity index (χ1n) is 9.51. The molecular formula is C24H29NO2S. The van der Waals surface area contributed by atoms with Crippen LogP contribution >= 0.6 is 12.2 Å². The normalized spacial score (nSPS) is 11.7. The second-order valence-corrected chi connectivity index (χ2v) is 7.62. The molecule has 0 saturated heterocycles. The molecule has 148 valence electrons. The Morgan fingerprint density at radius 2 is 1.54 bits per heavy atom. The lowest BCUT2D eigenvalue weighted by molar-refractivity contribution is -0.137. The molecule has 0 unspecified atom stereocenters. The van der Waals surface area contributed by atoms with Gasteiger partial charge in [0.25, 0.3) is 0 Å². The summed E-state index contributed by atoms with van der Waals surface area (Å²) in [5.41, 5.74) is 8.53. The second-order valence-electron chi connectivity index (χ2n) is 7.22. The molecule has 0 saturated carbocycles. The monoisotopic (exact) mass is 395 g/mol. The maximum atomic E-state index is 12.8. The molecule has 0 heterocycles. The zero-order valence-electron chi connectivity index (χ0n) is 17.8. The van der Waals surface area contributed by atoms with Gasteiger partial charge >= 0.3 is 5.97 Å². The molecule has 2 rings (SSSR count). The molecule has 0 radical (unpaired) electrons. The summed E-state index contributed by atoms with van der Waals surface area (Å²) in [5, 5.41) is 3.41. The molecule has 0 bridgehead atoms. The molecule has 0 spiro atoms. The number of thiocarbonyl (C=S) groups is 1. The van der Waals surface area contributed by atoms with E-state index in [2.05, 4.69) is 24.4 Å². The van der Waals surface area contributed by atoms with Gasteiger partial charge in [-0.05, 0) is 76.3 Å². The van der Waals surface area contributed by atoms with Crippen molar-refractivity contribution in [3.63, 3.8) is 0 Å². The number of benzene rings is 2. The van der Waals surface area contributed by atoms with Crippen LogP contribution in [0, 0.1) is 34.6 Å². The quantitative estimate of drug-likeness (QED) is 0.286. The topological polar surface area (TPSA) is 38.3 Å². The van der Waals surface area contributed by atoms with Crippen molar-refractivity contribution in [1.29, 1.82) is 0 Å². The molecule has 1 N–H and O–H groups in total. The highest BCUT2D eigenvalue weighted by atomic mass is 32.1. The minimum atomic E-state index is -0.400. The Balaban J connectivity index is 2.60. The average molecular weight is 396 g/mol. The second kappa shape index (κ2) is 9.16. The molecule has 0 aliphatic carbocycles. The smallest absolute Gasteiger partial charge is 0.341 e. The summed E-state index contributed by atoms with van der Waals surface area (Å²) in [5.74, 6) is -0.400. The number of aryl methyl sites for hydroxylation is 5. The SMILES string of the molecule is CCOC(=O)C(C(=S)c1c(C)cc(C)cc1C)=C(C)Nc1c(C)cccc1C. The van der Waals surface area contributed by atoms with Gasteiger partial charge in [-0.2, -0.15) is 0 Å². The summed E-state index contributed by atoms with van der Waals surface area (Å²) < 4.78 is 5.35. The first-order chi connectivity index (χ1) is 13.2. The van der Waals surface area contributed by atoms with Gasteiger partial charge in [-0.15, -0.1) is 0 Å². The van der Waals surface area contributed by atoms with E-state index in [-0.39, 0.29) is 0 Å². The summed E-state index contributed by atoms with van der Waals surface area (Å²) in [6.45, 7) is 14.2. The van der Waals surface area contributed by atoms with Crippen LogP contribution in [0.4, 0.5) is 5.69 Å². The summed E-state index contributed by atoms with van der Waals surface area (Å²) in [7, 11) is 0. The van der Waals surface area contributed by atoms with Gasteiger partial charge in [0.2, 0.25) is 0 Å². The standard InChI is InChI=1S/C24H29NO2S/c1-8-27-24(26)21(19(7)25-22-15(3)10-9-11-16(22)4)23(28)20-17(5)12-14(2)13-18(20)6/h9-13,25H,8H2,1-7H3. The zero-order valence-corrected chi connectivity index (χ0v) is 18.6. The third-order valence-electron chi connectivity index (χ3n) is 4.78. The summed E-state index contributed by atoms with van der Waals surface area (Å²) in [4.78, 5) is 13.4. The van der Waals surface area contributed by atoms with Gasteiger partial charge in [0.05, 0.1) is 17.0 Å². The Kier molecular flexibility index (Phi) is 7.14. The van der Waals surface area contributed by atoms with Gasteiger partial charge in [-0.3, -0.25) is 0 Å². The number of hydrogen-bond donors (Lipinski definition) is 1. The van der Waals surface area contributed by atoms with Crippen LogP contribution in [-0.2, 0) is 9.53 Å². The predicted octanol–water partition coefficient (Wildman–Crippen LogP) is 5.90. The lowest BCUT2D eigenvalue weighted by atomic mass is 9.93. The van der Waals surface area contributed by atoms with Crippen molar-refractivity contribution in [2.24, 2.45) is 0 Å². The number of anilines is 1. The first kappa shape index (κ1) is 21.8. The van der Waals surface area contributed by atoms with Gasteiger partial charge in [-0.1, -0.05) is 48.1 Å². The van der Waals surface area contributed by atoms with Gasteiger partial charge in [0, 0.05) is 11.4 Å². The van der Waals surface area contributed by atoms with E-state index in [1.54, 1.807) is 6.92 Å². The molecule has 2 aromatic rings. The lowest BCUT2D eigenvalue weighted by Crippen LogP contribution is -2.21. The number of ether oxygens (including phenoxy) is 1. The van der Waals surface area contributed by atoms with Gasteiger partial charge < -0.3 is 10.1 Å². The zero-order chi connectivity index (χ0) is 21.0. The van der Waals surface area contributed by atoms with Crippen molar-refractivity contribution in [3.05, 3.63) is 75.0 Å². The Bertz CT molecular complexity index is 914. The number of para-hydroxylation sites is 1. The maximum Gasteiger partial charge on any atom is 0.341 e. The molecule has 0 fully saturated rings. The highest BCUT2D eigenvalue weighted by molar-refractivity contribution is 7.81. The third-order valence-corrected chi connectivity index (χ3v) is 5.19. The summed E-state index contributed by atoms with van der Waals surface area (Å²) >= 11 is 5.81. The highest BCUT2D eigenvalue weighted by Gasteiger charge is 2.24. The van der Waals surface area contributed by atoms with E-state index in [1.807, 2.05) is 52.8 Å². The van der Waals surface area contributed by atoms with Crippen LogP contribution in [-0.4, -0.2) is 17.4 Å². The van der Waals surface area contributed by atoms with E-state index < -0.39 is 5.97 Å². The largest absolute Gasteiger partial charge is 0.462 e. The first-order valence-corrected chi connectivity index (χ1v) is 9.92. The van der Waals surface area contributed by atoms with E-state index in [4.69, 9.17) is 17.0 Å². The fourth-order valence-corrected chi connectivity index (χ4v) is 4.10. The fraction of sp³-hybridized carbons (Fsp3) is 0.333. The molecule has 0 aromatic heterocycles. The van der Waals surface area contributed by atoms with E-state index in [0.717, 1.165) is 33.5 Å². The van der Waals surface area contributed by atoms with Crippen LogP contribution in [0.5, 0.6) is 0 Å². The molecule has 2 aromatic carbocycles. The van der Waals surface area contributed by atoms with Crippen LogP contribution in [0.15, 0.2) is 41.6 Å². The molecule has 3 nitrogen and oxygen atoms in total. The van der Waals surface area contributed by atoms with Crippen LogP contribution in [0.1, 0.15) is 47.2 Å². The highest BCUT2D eigenvalue weighted by Crippen LogP contribution is 2.26. The van der Waals surface area contributed by atoms with Crippen LogP contribution in [0.3, 0.4) is 0 Å². The molecule has 0 aliphatic heterocycles. The number of rotatable bonds is 6. The van der Waals surface area contributed by atoms with Crippen LogP contribution < -0.4 is 5.32 Å². The molecule has 0 aliphatic rings. The van der Waals surface area contributed by atoms with E-state index in [9.17, 15) is 4.79 Å². The lowest BCUT2D eigenvalue weighted by Gasteiger charge is -2.19. The number of hydrogen-bond acceptors (Lipinski definition) is 4. The van der Waals surface area contributed by atoms with Gasteiger partial charge in [-0.25, -0.2) is 4.79 Å². The number of carbonyl (C=O) groups excluding carboxylic acids is 1. The number of carbonyl (C=O) groups is 1. The van der Waals surface area contributed by atoms with E-state index >= 15 is 0 Å². The Morgan fingerprint density at radius 3 is 2.04 bits per heavy atom. The van der Waals surface area contributed by atoms with Gasteiger partial charge in [0.1, 0.15) is 0 Å². The molecule has 0 amide bonds. The molecule has 4 heteroatoms. The fourth-order valence-electron chi connectivity index (χ4n) is 3.54. The summed E-state index contributed by atoms with van der Waals surface area (Å²) in [6.07, 6.45) is 0. The van der Waals surface area contributed by atoms with E-state index in [0.29, 0.717) is 22.7 Å². The van der Waals surface area contributed by atoms with Crippen molar-refractivity contribution in [2.45, 2.75) is 48.5 Å². The number of nitrogens with one attached hydrogen (secondary N) is 1. The Hall–Kier alpha value is -2.46. The van der Waals surface area contributed by atoms with Crippen LogP contribution in [0.2, 0.25) is 0 Å². The minimum Gasteiger partial charge on any atom is -0.462 e. The van der Waals surface area contributed by atoms with Crippen molar-refractivity contribution in [2.75, 3.05) is 11.9 Å². The number of allylic oxidation sites excluding steroid dienone is 1. The molecule has 28 heavy (non-hydrogen) atoms. The van der Waals surface area contributed by atoms with Crippen molar-refractivity contribution in [1.82, 2.24) is 0 Å². The van der Waals surface area contributed by atoms with Crippen molar-refractivity contribution < 1.29 is 9.53 Å². The molecular weight excluding hydrogens is 366 g/mol. The Labute approximate surface area is 173 Å². The molecule has 0 atom stereocenters. The Morgan fingerprint density at radius 1 is 1.00 bits per heavy atom. The van der Waals surface area contributed by atoms with E-state index in [1.165, 1.54) is 5.56 Å². The predicted molar refractivity (Wildman–Crippen MR) is 121 cm³/mol. The maximum absolute atomic E-state index is 12.8. The van der Waals surface area contributed by atoms with Crippen molar-refractivity contribution in [3.8, 4) is 0 Å². The van der Waals surface area contributed by atoms with Crippen LogP contribution in [0.25, 0.3) is 0 Å². The van der Waals surface area contributed by atoms with Crippen molar-refractivity contribution >= 4 is 28.7 Å². The third kappa shape index (κ3) is 4.68. The minimum absolute atomic E-state index is 0.299. The van der Waals surface area contributed by atoms with Gasteiger partial charge in [0.15, 0.2) is 0 Å². The average Bonchev–Trinajstić information content (AvgIpc) is 2.57.